The van der Waals surface area contributed by atoms with E-state index in [9.17, 15) is 13.2 Å². The minimum atomic E-state index is -3.76. The van der Waals surface area contributed by atoms with Crippen LogP contribution in [0.25, 0.3) is 5.69 Å². The standard InChI is InChI=1S/C23H27N3O4S/c1-15-13-22(17(3)26(15)19-7-6-8-20(14-19)30-5)23(27)25(4)16(2)18-9-11-21(12-10-18)31(24,28)29/h6-14,16H,1-5H3,(H2,24,28,29). The van der Waals surface area contributed by atoms with E-state index in [-0.39, 0.29) is 16.8 Å². The highest BCUT2D eigenvalue weighted by Gasteiger charge is 2.24. The fraction of sp³-hybridized carbons (Fsp3) is 0.261. The van der Waals surface area contributed by atoms with Gasteiger partial charge in [-0.05, 0) is 56.7 Å². The third-order valence-corrected chi connectivity index (χ3v) is 6.49. The molecule has 0 bridgehead atoms. The third kappa shape index (κ3) is 4.50. The summed E-state index contributed by atoms with van der Waals surface area (Å²) in [7, 11) is -0.401. The number of carbonyl (C=O) groups is 1. The number of sulfonamides is 1. The number of ether oxygens (including phenoxy) is 1. The molecule has 1 amide bonds. The van der Waals surface area contributed by atoms with Crippen molar-refractivity contribution < 1.29 is 17.9 Å². The van der Waals surface area contributed by atoms with E-state index >= 15 is 0 Å². The van der Waals surface area contributed by atoms with Gasteiger partial charge in [0.15, 0.2) is 0 Å². The van der Waals surface area contributed by atoms with Gasteiger partial charge in [-0.15, -0.1) is 0 Å². The maximum Gasteiger partial charge on any atom is 0.255 e. The number of amides is 1. The Kier molecular flexibility index (Phi) is 6.24. The number of hydrogen-bond donors (Lipinski definition) is 1. The highest BCUT2D eigenvalue weighted by atomic mass is 32.2. The summed E-state index contributed by atoms with van der Waals surface area (Å²) in [4.78, 5) is 15.0. The summed E-state index contributed by atoms with van der Waals surface area (Å²) in [6.45, 7) is 5.77. The Hall–Kier alpha value is -3.10. The average Bonchev–Trinajstić information content (AvgIpc) is 3.05. The first-order valence-electron chi connectivity index (χ1n) is 9.78. The number of methoxy groups -OCH3 is 1. The quantitative estimate of drug-likeness (QED) is 0.632. The van der Waals surface area contributed by atoms with E-state index in [1.807, 2.05) is 55.7 Å². The average molecular weight is 442 g/mol. The van der Waals surface area contributed by atoms with Crippen LogP contribution in [0.4, 0.5) is 0 Å². The lowest BCUT2D eigenvalue weighted by Gasteiger charge is -2.25. The van der Waals surface area contributed by atoms with Gasteiger partial charge >= 0.3 is 0 Å². The van der Waals surface area contributed by atoms with E-state index in [1.165, 1.54) is 12.1 Å². The molecule has 0 radical (unpaired) electrons. The van der Waals surface area contributed by atoms with Crippen LogP contribution in [0.15, 0.2) is 59.5 Å². The second kappa shape index (κ2) is 8.56. The maximum atomic E-state index is 13.3. The van der Waals surface area contributed by atoms with Crippen LogP contribution in [0.1, 0.15) is 40.3 Å². The molecule has 0 saturated carbocycles. The van der Waals surface area contributed by atoms with Crippen molar-refractivity contribution in [3.05, 3.63) is 77.1 Å². The van der Waals surface area contributed by atoms with Gasteiger partial charge in [0.25, 0.3) is 5.91 Å². The molecule has 2 aromatic carbocycles. The van der Waals surface area contributed by atoms with Gasteiger partial charge in [-0.1, -0.05) is 18.2 Å². The molecule has 1 atom stereocenters. The molecule has 0 aliphatic heterocycles. The summed E-state index contributed by atoms with van der Waals surface area (Å²) in [6.07, 6.45) is 0. The maximum absolute atomic E-state index is 13.3. The molecule has 0 fully saturated rings. The lowest BCUT2D eigenvalue weighted by atomic mass is 10.1. The first kappa shape index (κ1) is 22.6. The van der Waals surface area contributed by atoms with Crippen molar-refractivity contribution in [2.24, 2.45) is 5.14 Å². The van der Waals surface area contributed by atoms with Crippen molar-refractivity contribution in [1.29, 1.82) is 0 Å². The van der Waals surface area contributed by atoms with Crippen molar-refractivity contribution in [2.75, 3.05) is 14.2 Å². The molecule has 0 saturated heterocycles. The van der Waals surface area contributed by atoms with Crippen LogP contribution in [-0.2, 0) is 10.0 Å². The summed E-state index contributed by atoms with van der Waals surface area (Å²) in [5, 5.41) is 5.16. The van der Waals surface area contributed by atoms with Crippen molar-refractivity contribution in [1.82, 2.24) is 9.47 Å². The van der Waals surface area contributed by atoms with Gasteiger partial charge in [0.05, 0.1) is 23.6 Å². The number of hydrogen-bond acceptors (Lipinski definition) is 4. The van der Waals surface area contributed by atoms with E-state index < -0.39 is 10.0 Å². The Morgan fingerprint density at radius 3 is 2.32 bits per heavy atom. The minimum absolute atomic E-state index is 0.0410. The van der Waals surface area contributed by atoms with Crippen LogP contribution in [0.5, 0.6) is 5.75 Å². The molecule has 3 rings (SSSR count). The predicted octanol–water partition coefficient (Wildman–Crippen LogP) is 3.58. The first-order chi connectivity index (χ1) is 14.5. The molecule has 1 unspecified atom stereocenters. The number of aromatic nitrogens is 1. The molecular formula is C23H27N3O4S. The van der Waals surface area contributed by atoms with Crippen molar-refractivity contribution in [3.63, 3.8) is 0 Å². The van der Waals surface area contributed by atoms with Gasteiger partial charge in [0.1, 0.15) is 5.75 Å². The molecule has 0 aliphatic carbocycles. The molecule has 0 aliphatic rings. The van der Waals surface area contributed by atoms with Gasteiger partial charge in [0.2, 0.25) is 10.0 Å². The van der Waals surface area contributed by atoms with Crippen LogP contribution in [-0.4, -0.2) is 37.9 Å². The Morgan fingerprint density at radius 2 is 1.74 bits per heavy atom. The number of nitrogens with two attached hydrogens (primary N) is 1. The SMILES string of the molecule is COc1cccc(-n2c(C)cc(C(=O)N(C)C(C)c3ccc(S(N)(=O)=O)cc3)c2C)c1. The number of primary sulfonamides is 1. The monoisotopic (exact) mass is 441 g/mol. The number of rotatable bonds is 6. The number of nitrogens with zero attached hydrogens (tertiary/aromatic N) is 2. The van der Waals surface area contributed by atoms with Crippen LogP contribution >= 0.6 is 0 Å². The minimum Gasteiger partial charge on any atom is -0.497 e. The van der Waals surface area contributed by atoms with Gasteiger partial charge in [-0.25, -0.2) is 13.6 Å². The third-order valence-electron chi connectivity index (χ3n) is 5.57. The fourth-order valence-corrected chi connectivity index (χ4v) is 4.17. The van der Waals surface area contributed by atoms with Gasteiger partial charge < -0.3 is 14.2 Å². The van der Waals surface area contributed by atoms with E-state index in [4.69, 9.17) is 9.88 Å². The highest BCUT2D eigenvalue weighted by molar-refractivity contribution is 7.89. The van der Waals surface area contributed by atoms with Crippen molar-refractivity contribution in [3.8, 4) is 11.4 Å². The largest absolute Gasteiger partial charge is 0.497 e. The van der Waals surface area contributed by atoms with Gasteiger partial charge in [0, 0.05) is 30.2 Å². The predicted molar refractivity (Wildman–Crippen MR) is 120 cm³/mol. The first-order valence-corrected chi connectivity index (χ1v) is 11.3. The van der Waals surface area contributed by atoms with Crippen LogP contribution in [0.3, 0.4) is 0 Å². The molecule has 7 nitrogen and oxygen atoms in total. The molecule has 2 N–H and O–H groups in total. The molecule has 0 spiro atoms. The van der Waals surface area contributed by atoms with Crippen LogP contribution in [0.2, 0.25) is 0 Å². The molecule has 1 heterocycles. The van der Waals surface area contributed by atoms with Gasteiger partial charge in [-0.2, -0.15) is 0 Å². The topological polar surface area (TPSA) is 94.6 Å². The van der Waals surface area contributed by atoms with Crippen LogP contribution in [0, 0.1) is 13.8 Å². The summed E-state index contributed by atoms with van der Waals surface area (Å²) in [5.41, 5.74) is 4.11. The molecule has 3 aromatic rings. The number of aryl methyl sites for hydroxylation is 1. The Labute approximate surface area is 183 Å². The van der Waals surface area contributed by atoms with Crippen LogP contribution < -0.4 is 9.88 Å². The lowest BCUT2D eigenvalue weighted by molar-refractivity contribution is 0.0742. The zero-order chi connectivity index (χ0) is 22.9. The number of benzene rings is 2. The van der Waals surface area contributed by atoms with E-state index in [0.717, 1.165) is 28.4 Å². The Bertz CT molecular complexity index is 1210. The number of carbonyl (C=O) groups excluding carboxylic acids is 1. The Morgan fingerprint density at radius 1 is 1.10 bits per heavy atom. The van der Waals surface area contributed by atoms with Crippen molar-refractivity contribution in [2.45, 2.75) is 31.7 Å². The fourth-order valence-electron chi connectivity index (χ4n) is 3.65. The van der Waals surface area contributed by atoms with E-state index in [2.05, 4.69) is 0 Å². The summed E-state index contributed by atoms with van der Waals surface area (Å²) < 4.78 is 30.3. The summed E-state index contributed by atoms with van der Waals surface area (Å²) in [5.74, 6) is 0.622. The molecule has 31 heavy (non-hydrogen) atoms. The lowest BCUT2D eigenvalue weighted by Crippen LogP contribution is -2.30. The summed E-state index contributed by atoms with van der Waals surface area (Å²) >= 11 is 0. The van der Waals surface area contributed by atoms with E-state index in [0.29, 0.717) is 5.56 Å². The normalized spacial score (nSPS) is 12.5. The highest BCUT2D eigenvalue weighted by Crippen LogP contribution is 2.27. The Balaban J connectivity index is 1.90. The van der Waals surface area contributed by atoms with E-state index in [1.54, 1.807) is 31.2 Å². The second-order valence-corrected chi connectivity index (χ2v) is 9.09. The van der Waals surface area contributed by atoms with Crippen molar-refractivity contribution >= 4 is 15.9 Å². The second-order valence-electron chi connectivity index (χ2n) is 7.53. The molecule has 164 valence electrons. The zero-order valence-corrected chi connectivity index (χ0v) is 19.1. The molecule has 8 heteroatoms. The smallest absolute Gasteiger partial charge is 0.255 e. The van der Waals surface area contributed by atoms with Gasteiger partial charge in [-0.3, -0.25) is 4.79 Å². The molecular weight excluding hydrogens is 414 g/mol. The molecule has 1 aromatic heterocycles. The summed E-state index contributed by atoms with van der Waals surface area (Å²) in [6, 6.07) is 15.5. The zero-order valence-electron chi connectivity index (χ0n) is 18.3.